The first kappa shape index (κ1) is 60.8. The molecule has 2 amide bonds. The molecule has 1 unspecified atom stereocenters. The van der Waals surface area contributed by atoms with Crippen molar-refractivity contribution in [2.45, 2.75) is 70.7 Å². The van der Waals surface area contributed by atoms with Crippen molar-refractivity contribution in [2.75, 3.05) is 89.0 Å². The molecule has 24 nitrogen and oxygen atoms in total. The molecule has 0 aliphatic rings. The number of nitrogens with two attached hydrogens (primary N) is 1. The van der Waals surface area contributed by atoms with Crippen LogP contribution in [0.5, 0.6) is 34.5 Å². The molecule has 8 N–H and O–H groups in total. The van der Waals surface area contributed by atoms with Gasteiger partial charge < -0.3 is 65.2 Å². The third-order valence-electron chi connectivity index (χ3n) is 11.8. The largest absolute Gasteiger partial charge is 0.496 e. The van der Waals surface area contributed by atoms with Gasteiger partial charge in [0.25, 0.3) is 0 Å². The number of unbranched alkanes of at least 4 members (excludes halogenated alkanes) is 3. The summed E-state index contributed by atoms with van der Waals surface area (Å²) in [6.45, 7) is -1.53. The summed E-state index contributed by atoms with van der Waals surface area (Å²) in [4.78, 5) is 86.6. The van der Waals surface area contributed by atoms with Crippen molar-refractivity contribution in [1.29, 1.82) is 0 Å². The second-order valence-electron chi connectivity index (χ2n) is 17.6. The number of aromatic nitrogens is 2. The molecule has 2 heterocycles. The Bertz CT molecular complexity index is 2400. The maximum Gasteiger partial charge on any atom is 0.317 e. The number of carbonyl (C=O) groups is 6. The number of aliphatic carboxylic acids is 4. The fraction of sp³-hybridized carbons (Fsp3) is 0.462. The number of hydrogen-bond donors (Lipinski definition) is 7. The summed E-state index contributed by atoms with van der Waals surface area (Å²) >= 11 is 0. The van der Waals surface area contributed by atoms with E-state index >= 15 is 0 Å². The summed E-state index contributed by atoms with van der Waals surface area (Å²) in [7, 11) is 10.4. The van der Waals surface area contributed by atoms with Crippen LogP contribution in [-0.2, 0) is 54.9 Å². The monoisotopic (exact) mass is 1060 g/mol. The molecule has 0 saturated heterocycles. The number of amides is 2. The van der Waals surface area contributed by atoms with E-state index in [1.807, 2.05) is 12.1 Å². The number of methoxy groups -OCH3 is 6. The minimum absolute atomic E-state index is 0.0990. The van der Waals surface area contributed by atoms with Crippen molar-refractivity contribution in [3.8, 4) is 56.8 Å². The Morgan fingerprint density at radius 3 is 1.21 bits per heavy atom. The molecule has 1 atom stereocenters. The molecule has 0 spiro atoms. The Labute approximate surface area is 441 Å². The number of benzene rings is 2. The molecule has 4 aromatic rings. The van der Waals surface area contributed by atoms with Gasteiger partial charge in [-0.1, -0.05) is 12.8 Å². The SMILES string of the molecule is CNC(=O)C(N)CCC(=O)NCCCCCCN(Cc1cc(-c2c(OC)cc(OC)cc2OC)cc(CN(CC(=O)O)CC(=O)O)n1)Cc1cc(-c2c(OC)cc(OC)cc2OC)cc(CN(CC(=O)O)CC(=O)O)n1. The molecule has 76 heavy (non-hydrogen) atoms. The maximum atomic E-state index is 12.5. The molecule has 0 aliphatic heterocycles. The first-order chi connectivity index (χ1) is 36.3. The van der Waals surface area contributed by atoms with E-state index in [-0.39, 0.29) is 50.8 Å². The predicted molar refractivity (Wildman–Crippen MR) is 277 cm³/mol. The third kappa shape index (κ3) is 19.2. The van der Waals surface area contributed by atoms with Gasteiger partial charge in [0.2, 0.25) is 11.8 Å². The van der Waals surface area contributed by atoms with Crippen LogP contribution >= 0.6 is 0 Å². The van der Waals surface area contributed by atoms with Gasteiger partial charge in [-0.3, -0.25) is 53.4 Å². The number of nitrogens with zero attached hydrogens (tertiary/aromatic N) is 5. The Balaban J connectivity index is 1.85. The second kappa shape index (κ2) is 30.5. The van der Waals surface area contributed by atoms with Gasteiger partial charge in [0.15, 0.2) is 0 Å². The highest BCUT2D eigenvalue weighted by atomic mass is 16.5. The highest BCUT2D eigenvalue weighted by Crippen LogP contribution is 2.44. The number of carboxylic acids is 4. The molecule has 4 rings (SSSR count). The third-order valence-corrected chi connectivity index (χ3v) is 11.8. The topological polar surface area (TPSA) is 324 Å². The minimum atomic E-state index is -1.24. The highest BCUT2D eigenvalue weighted by molar-refractivity contribution is 5.83. The van der Waals surface area contributed by atoms with Gasteiger partial charge in [0.05, 0.1) is 109 Å². The van der Waals surface area contributed by atoms with Crippen molar-refractivity contribution in [1.82, 2.24) is 35.3 Å². The van der Waals surface area contributed by atoms with E-state index in [0.717, 1.165) is 12.8 Å². The van der Waals surface area contributed by atoms with Crippen molar-refractivity contribution >= 4 is 35.7 Å². The summed E-state index contributed by atoms with van der Waals surface area (Å²) in [5.74, 6) is -3.09. The quantitative estimate of drug-likeness (QED) is 0.0325. The molecule has 24 heteroatoms. The van der Waals surface area contributed by atoms with E-state index in [4.69, 9.17) is 44.1 Å². The number of ether oxygens (including phenoxy) is 6. The van der Waals surface area contributed by atoms with Crippen molar-refractivity contribution in [3.05, 3.63) is 71.3 Å². The van der Waals surface area contributed by atoms with E-state index in [1.165, 1.54) is 59.5 Å². The Kier molecular flexibility index (Phi) is 24.4. The summed E-state index contributed by atoms with van der Waals surface area (Å²) in [6.07, 6.45) is 3.07. The average molecular weight is 1060 g/mol. The molecule has 0 radical (unpaired) electrons. The van der Waals surface area contributed by atoms with E-state index in [9.17, 15) is 49.2 Å². The highest BCUT2D eigenvalue weighted by Gasteiger charge is 2.24. The Morgan fingerprint density at radius 1 is 0.526 bits per heavy atom. The van der Waals surface area contributed by atoms with Crippen LogP contribution in [0.3, 0.4) is 0 Å². The summed E-state index contributed by atoms with van der Waals surface area (Å²) in [6, 6.07) is 13.0. The molecule has 0 fully saturated rings. The zero-order chi connectivity index (χ0) is 55.9. The lowest BCUT2D eigenvalue weighted by atomic mass is 10.0. The standard InChI is InChI=1S/C52H70N8O16/c1-54-52(70)40(53)12-13-45(61)55-14-10-8-9-11-15-58(24-34-16-32(50-41(73-4)20-38(71-2)21-42(50)74-5)18-36(56-34)26-59(28-46(62)63)29-47(64)65)25-35-17-33(51-43(75-6)22-39(72-3)23-44(51)76-7)19-37(57-35)27-60(30-48(66)67)31-49(68)69/h16-23,40H,8-15,24-31,53H2,1-7H3,(H,54,70)(H,55,61)(H,62,63)(H,64,65)(H,66,67)(H,68,69). The fourth-order valence-electron chi connectivity index (χ4n) is 8.46. The molecule has 0 aliphatic carbocycles. The molecule has 2 aromatic heterocycles. The van der Waals surface area contributed by atoms with E-state index < -0.39 is 56.1 Å². The number of nitrogens with one attached hydrogen (secondary N) is 2. The molecule has 414 valence electrons. The van der Waals surface area contributed by atoms with Crippen molar-refractivity contribution in [2.24, 2.45) is 5.73 Å². The zero-order valence-corrected chi connectivity index (χ0v) is 44.0. The van der Waals surface area contributed by atoms with Crippen LogP contribution in [0.15, 0.2) is 48.5 Å². The minimum Gasteiger partial charge on any atom is -0.496 e. The lowest BCUT2D eigenvalue weighted by Gasteiger charge is -2.25. The van der Waals surface area contributed by atoms with Crippen LogP contribution in [0.2, 0.25) is 0 Å². The average Bonchev–Trinajstić information content (AvgIpc) is 3.37. The number of hydrogen-bond acceptors (Lipinski definition) is 18. The van der Waals surface area contributed by atoms with Crippen LogP contribution in [-0.4, -0.2) is 176 Å². The summed E-state index contributed by atoms with van der Waals surface area (Å²) in [5.41, 5.74) is 9.63. The smallest absolute Gasteiger partial charge is 0.317 e. The van der Waals surface area contributed by atoms with E-state index in [0.29, 0.717) is 105 Å². The van der Waals surface area contributed by atoms with Crippen LogP contribution in [0.25, 0.3) is 22.3 Å². The zero-order valence-electron chi connectivity index (χ0n) is 44.0. The summed E-state index contributed by atoms with van der Waals surface area (Å²) in [5, 5.41) is 44.3. The lowest BCUT2D eigenvalue weighted by Crippen LogP contribution is -2.39. The van der Waals surface area contributed by atoms with E-state index in [1.54, 1.807) is 36.4 Å². The van der Waals surface area contributed by atoms with Gasteiger partial charge in [-0.2, -0.15) is 0 Å². The van der Waals surface area contributed by atoms with Gasteiger partial charge in [-0.25, -0.2) is 0 Å². The van der Waals surface area contributed by atoms with Crippen molar-refractivity contribution in [3.63, 3.8) is 0 Å². The molecule has 0 bridgehead atoms. The predicted octanol–water partition coefficient (Wildman–Crippen LogP) is 3.34. The molecule has 2 aromatic carbocycles. The Morgan fingerprint density at radius 2 is 0.882 bits per heavy atom. The normalized spacial score (nSPS) is 11.5. The van der Waals surface area contributed by atoms with Crippen LogP contribution in [0, 0.1) is 0 Å². The maximum absolute atomic E-state index is 12.5. The van der Waals surface area contributed by atoms with Crippen LogP contribution in [0.1, 0.15) is 61.3 Å². The number of carbonyl (C=O) groups excluding carboxylic acids is 2. The van der Waals surface area contributed by atoms with Gasteiger partial charge in [0, 0.05) is 70.5 Å². The number of likely N-dealkylation sites (N-methyl/N-ethyl adjacent to an activating group) is 1. The number of carboxylic acid groups (broad SMARTS) is 4. The van der Waals surface area contributed by atoms with Crippen molar-refractivity contribution < 1.29 is 77.6 Å². The molecular formula is C52H70N8O16. The van der Waals surface area contributed by atoms with Gasteiger partial charge in [0.1, 0.15) is 34.5 Å². The van der Waals surface area contributed by atoms with Crippen LogP contribution < -0.4 is 44.8 Å². The second-order valence-corrected chi connectivity index (χ2v) is 17.6. The fourth-order valence-corrected chi connectivity index (χ4v) is 8.46. The number of pyridine rings is 2. The first-order valence-corrected chi connectivity index (χ1v) is 24.2. The van der Waals surface area contributed by atoms with Gasteiger partial charge >= 0.3 is 23.9 Å². The lowest BCUT2D eigenvalue weighted by molar-refractivity contribution is -0.144. The molecule has 0 saturated carbocycles. The van der Waals surface area contributed by atoms with Gasteiger partial charge in [-0.15, -0.1) is 0 Å². The van der Waals surface area contributed by atoms with Crippen LogP contribution in [0.4, 0.5) is 0 Å². The number of rotatable bonds is 35. The molecular weight excluding hydrogens is 993 g/mol. The van der Waals surface area contributed by atoms with E-state index in [2.05, 4.69) is 15.5 Å². The Hall–Kier alpha value is -7.80. The van der Waals surface area contributed by atoms with Gasteiger partial charge in [-0.05, 0) is 61.2 Å². The first-order valence-electron chi connectivity index (χ1n) is 24.2. The summed E-state index contributed by atoms with van der Waals surface area (Å²) < 4.78 is 34.3.